The number of aromatic nitrogens is 1. The van der Waals surface area contributed by atoms with Crippen molar-refractivity contribution in [1.29, 1.82) is 0 Å². The van der Waals surface area contributed by atoms with Crippen LogP contribution in [0, 0.1) is 0 Å². The number of nitrogens with one attached hydrogen (secondary N) is 4. The predicted molar refractivity (Wildman–Crippen MR) is 170 cm³/mol. The van der Waals surface area contributed by atoms with Gasteiger partial charge in [-0.1, -0.05) is 6.92 Å². The second-order valence-corrected chi connectivity index (χ2v) is 13.5. The fourth-order valence-electron chi connectivity index (χ4n) is 6.01. The first-order valence-corrected chi connectivity index (χ1v) is 17.2. The van der Waals surface area contributed by atoms with Crippen LogP contribution >= 0.6 is 7.60 Å². The van der Waals surface area contributed by atoms with E-state index >= 15 is 0 Å². The molecule has 17 nitrogen and oxygen atoms in total. The van der Waals surface area contributed by atoms with Crippen LogP contribution in [0.2, 0.25) is 0 Å². The highest BCUT2D eigenvalue weighted by atomic mass is 31.2. The molecule has 0 radical (unpaired) electrons. The van der Waals surface area contributed by atoms with Gasteiger partial charge in [0, 0.05) is 55.5 Å². The minimum absolute atomic E-state index is 0.0299. The van der Waals surface area contributed by atoms with Crippen LogP contribution in [0.3, 0.4) is 0 Å². The first-order chi connectivity index (χ1) is 22.6. The minimum atomic E-state index is -5.04. The van der Waals surface area contributed by atoms with Crippen LogP contribution in [0.25, 0.3) is 10.9 Å². The molecule has 2 aromatic rings. The zero-order chi connectivity index (χ0) is 35.3. The van der Waals surface area contributed by atoms with Gasteiger partial charge in [0.2, 0.25) is 29.5 Å². The summed E-state index contributed by atoms with van der Waals surface area (Å²) in [7, 11) is -5.04. The lowest BCUT2D eigenvalue weighted by molar-refractivity contribution is -0.145. The lowest BCUT2D eigenvalue weighted by Crippen LogP contribution is -2.61. The third kappa shape index (κ3) is 8.45. The summed E-state index contributed by atoms with van der Waals surface area (Å²) in [5.41, 5.74) is 4.00. The third-order valence-corrected chi connectivity index (χ3v) is 9.27. The summed E-state index contributed by atoms with van der Waals surface area (Å²) >= 11 is 0. The number of H-pyrrole nitrogens is 1. The quantitative estimate of drug-likeness (QED) is 0.140. The molecule has 260 valence electrons. The second-order valence-electron chi connectivity index (χ2n) is 12.0. The number of amides is 6. The lowest BCUT2D eigenvalue weighted by atomic mass is 10.1. The van der Waals surface area contributed by atoms with E-state index in [2.05, 4.69) is 20.9 Å². The van der Waals surface area contributed by atoms with E-state index in [1.54, 1.807) is 0 Å². The van der Waals surface area contributed by atoms with Gasteiger partial charge >= 0.3 is 7.60 Å². The molecular weight excluding hydrogens is 649 g/mol. The zero-order valence-electron chi connectivity index (χ0n) is 26.6. The van der Waals surface area contributed by atoms with Gasteiger partial charge in [-0.05, 0) is 56.4 Å². The van der Waals surface area contributed by atoms with Crippen molar-refractivity contribution in [2.75, 3.05) is 19.6 Å². The Labute approximate surface area is 275 Å². The number of aromatic amines is 1. The Bertz CT molecular complexity index is 1670. The maximum absolute atomic E-state index is 14.1. The van der Waals surface area contributed by atoms with Crippen LogP contribution in [0.4, 0.5) is 0 Å². The summed E-state index contributed by atoms with van der Waals surface area (Å²) in [6.45, 7) is 3.64. The molecule has 0 bridgehead atoms. The van der Waals surface area contributed by atoms with Crippen LogP contribution in [-0.4, -0.2) is 109 Å². The van der Waals surface area contributed by atoms with E-state index in [1.165, 1.54) is 41.0 Å². The van der Waals surface area contributed by atoms with Crippen molar-refractivity contribution in [3.63, 3.8) is 0 Å². The maximum atomic E-state index is 14.1. The van der Waals surface area contributed by atoms with Gasteiger partial charge in [-0.25, -0.2) is 0 Å². The summed E-state index contributed by atoms with van der Waals surface area (Å²) < 4.78 is 11.4. The van der Waals surface area contributed by atoms with Crippen molar-refractivity contribution in [2.45, 2.75) is 76.5 Å². The van der Waals surface area contributed by atoms with Crippen LogP contribution in [0.15, 0.2) is 24.3 Å². The molecule has 48 heavy (non-hydrogen) atoms. The number of benzene rings is 1. The van der Waals surface area contributed by atoms with Crippen LogP contribution in [0.1, 0.15) is 73.2 Å². The standard InChI is InChI=1S/C30H40N7O10P/c1-3-11-32-26(40)21(7-9-25(31)39)34-28(42)24-8-5-19-10-12-36(16(2)38)15-23(29(43)37(19)24)35-27(41)22-14-18-13-17(4-6-20(18)33-22)30(44)48(45,46)47/h4,6,13-14,19,21,23-24,33H,3,5,7-12,15H2,1-2H3,(H2,31,39)(H,32,40)(H,34,42)(H,35,41)(H2,45,46,47)/t19-,21+,23+,24+/m1/s1. The number of carbonyl (C=O) groups is 7. The smallest absolute Gasteiger partial charge is 0.370 e. The van der Waals surface area contributed by atoms with Crippen molar-refractivity contribution in [3.8, 4) is 0 Å². The number of rotatable bonds is 12. The number of nitrogens with two attached hydrogens (primary N) is 1. The Kier molecular flexibility index (Phi) is 11.4. The molecule has 0 unspecified atom stereocenters. The molecule has 1 aromatic heterocycles. The average molecular weight is 690 g/mol. The molecule has 18 heteroatoms. The lowest BCUT2D eigenvalue weighted by Gasteiger charge is -2.38. The summed E-state index contributed by atoms with van der Waals surface area (Å²) in [4.78, 5) is 114. The van der Waals surface area contributed by atoms with Gasteiger partial charge in [0.25, 0.3) is 11.4 Å². The molecule has 0 spiro atoms. The van der Waals surface area contributed by atoms with Gasteiger partial charge in [-0.2, -0.15) is 0 Å². The fourth-order valence-corrected chi connectivity index (χ4v) is 6.49. The third-order valence-electron chi connectivity index (χ3n) is 8.48. The zero-order valence-corrected chi connectivity index (χ0v) is 27.5. The van der Waals surface area contributed by atoms with Gasteiger partial charge in [0.05, 0.1) is 0 Å². The van der Waals surface area contributed by atoms with Crippen LogP contribution in [0.5, 0.6) is 0 Å². The highest BCUT2D eigenvalue weighted by Crippen LogP contribution is 2.39. The number of hydrogen-bond donors (Lipinski definition) is 7. The summed E-state index contributed by atoms with van der Waals surface area (Å²) in [5, 5.41) is 8.33. The highest BCUT2D eigenvalue weighted by molar-refractivity contribution is 7.70. The number of hydrogen-bond acceptors (Lipinski definition) is 8. The van der Waals surface area contributed by atoms with Gasteiger partial charge < -0.3 is 46.3 Å². The number of nitrogens with zero attached hydrogens (tertiary/aromatic N) is 2. The molecule has 4 rings (SSSR count). The molecule has 4 atom stereocenters. The molecule has 6 amide bonds. The van der Waals surface area contributed by atoms with Crippen LogP contribution < -0.4 is 21.7 Å². The number of primary amides is 1. The molecule has 3 heterocycles. The molecular formula is C30H40N7O10P. The first kappa shape index (κ1) is 36.2. The summed E-state index contributed by atoms with van der Waals surface area (Å²) in [6, 6.07) is 1.39. The van der Waals surface area contributed by atoms with Gasteiger partial charge in [-0.3, -0.25) is 38.1 Å². The summed E-state index contributed by atoms with van der Waals surface area (Å²) in [5.74, 6) is -3.39. The van der Waals surface area contributed by atoms with Gasteiger partial charge in [0.15, 0.2) is 0 Å². The number of carbonyl (C=O) groups excluding carboxylic acids is 7. The van der Waals surface area contributed by atoms with Gasteiger partial charge in [0.1, 0.15) is 23.8 Å². The Morgan fingerprint density at radius 2 is 1.83 bits per heavy atom. The highest BCUT2D eigenvalue weighted by Gasteiger charge is 2.46. The first-order valence-electron chi connectivity index (χ1n) is 15.6. The molecule has 8 N–H and O–H groups in total. The molecule has 0 saturated carbocycles. The Morgan fingerprint density at radius 3 is 2.48 bits per heavy atom. The normalized spacial score (nSPS) is 20.3. The van der Waals surface area contributed by atoms with E-state index in [0.717, 1.165) is 0 Å². The Balaban J connectivity index is 1.57. The largest absolute Gasteiger partial charge is 0.396 e. The monoisotopic (exact) mass is 689 g/mol. The van der Waals surface area contributed by atoms with E-state index in [-0.39, 0.29) is 49.5 Å². The Hall–Kier alpha value is -4.60. The van der Waals surface area contributed by atoms with E-state index < -0.39 is 66.8 Å². The predicted octanol–water partition coefficient (Wildman–Crippen LogP) is -0.527. The minimum Gasteiger partial charge on any atom is -0.370 e. The van der Waals surface area contributed by atoms with Crippen molar-refractivity contribution < 1.29 is 47.9 Å². The van der Waals surface area contributed by atoms with Crippen molar-refractivity contribution >= 4 is 59.5 Å². The molecule has 2 aliphatic heterocycles. The fraction of sp³-hybridized carbons (Fsp3) is 0.500. The SMILES string of the molecule is CCCNC(=O)[C@H](CCC(N)=O)NC(=O)[C@@H]1CC[C@@H]2CCN(C(C)=O)C[C@H](NC(=O)c3cc4cc(C(=O)P(=O)(O)O)ccc4[nH]3)C(=O)N21. The average Bonchev–Trinajstić information content (AvgIpc) is 3.65. The Morgan fingerprint density at radius 1 is 1.10 bits per heavy atom. The van der Waals surface area contributed by atoms with E-state index in [1.807, 2.05) is 6.92 Å². The summed E-state index contributed by atoms with van der Waals surface area (Å²) in [6.07, 6.45) is 1.54. The van der Waals surface area contributed by atoms with E-state index in [0.29, 0.717) is 36.7 Å². The van der Waals surface area contributed by atoms with Crippen LogP contribution in [-0.2, 0) is 28.5 Å². The molecule has 2 aliphatic rings. The number of fused-ring (bicyclic) bond motifs is 2. The van der Waals surface area contributed by atoms with E-state index in [9.17, 15) is 47.9 Å². The molecule has 0 aliphatic carbocycles. The molecule has 2 saturated heterocycles. The van der Waals surface area contributed by atoms with E-state index in [4.69, 9.17) is 5.73 Å². The molecule has 2 fully saturated rings. The topological polar surface area (TPSA) is 261 Å². The van der Waals surface area contributed by atoms with Gasteiger partial charge in [-0.15, -0.1) is 0 Å². The van der Waals surface area contributed by atoms with Crippen molar-refractivity contribution in [2.24, 2.45) is 5.73 Å². The molecule has 1 aromatic carbocycles. The van der Waals surface area contributed by atoms with Crippen molar-refractivity contribution in [3.05, 3.63) is 35.5 Å². The maximum Gasteiger partial charge on any atom is 0.396 e. The van der Waals surface area contributed by atoms with Crippen molar-refractivity contribution in [1.82, 2.24) is 30.7 Å². The second kappa shape index (κ2) is 15.1.